The van der Waals surface area contributed by atoms with Crippen molar-refractivity contribution in [3.05, 3.63) is 29.8 Å². The first-order chi connectivity index (χ1) is 13.1. The summed E-state index contributed by atoms with van der Waals surface area (Å²) in [5.41, 5.74) is 1.95. The third kappa shape index (κ3) is 5.18. The van der Waals surface area contributed by atoms with E-state index in [9.17, 15) is 14.4 Å². The maximum Gasteiger partial charge on any atom is 0.309 e. The molecule has 3 atom stereocenters. The normalized spacial score (nSPS) is 24.3. The Balaban J connectivity index is 1.43. The first kappa shape index (κ1) is 19.6. The van der Waals surface area contributed by atoms with Crippen LogP contribution in [0.1, 0.15) is 57.4 Å². The Morgan fingerprint density at radius 1 is 1.11 bits per heavy atom. The number of rotatable bonds is 7. The number of aryl methyl sites for hydroxylation is 1. The van der Waals surface area contributed by atoms with E-state index in [1.165, 1.54) is 5.56 Å². The highest BCUT2D eigenvalue weighted by Crippen LogP contribution is 2.40. The molecule has 2 aliphatic carbocycles. The second kappa shape index (κ2) is 9.16. The van der Waals surface area contributed by atoms with E-state index in [4.69, 9.17) is 4.74 Å². The van der Waals surface area contributed by atoms with Crippen LogP contribution < -0.4 is 5.32 Å². The number of carbonyl (C=O) groups excluding carboxylic acids is 3. The highest BCUT2D eigenvalue weighted by atomic mass is 16.5. The summed E-state index contributed by atoms with van der Waals surface area (Å²) in [5, 5.41) is 2.76. The van der Waals surface area contributed by atoms with Crippen molar-refractivity contribution in [2.75, 3.05) is 11.9 Å². The molecule has 5 heteroatoms. The topological polar surface area (TPSA) is 72.5 Å². The lowest BCUT2D eigenvalue weighted by atomic mass is 9.67. The molecule has 5 nitrogen and oxygen atoms in total. The quantitative estimate of drug-likeness (QED) is 0.738. The number of benzene rings is 1. The van der Waals surface area contributed by atoms with Crippen molar-refractivity contribution in [3.8, 4) is 0 Å². The second-order valence-corrected chi connectivity index (χ2v) is 7.85. The first-order valence-corrected chi connectivity index (χ1v) is 10.2. The lowest BCUT2D eigenvalue weighted by molar-refractivity contribution is -0.155. The van der Waals surface area contributed by atoms with Crippen molar-refractivity contribution in [1.82, 2.24) is 0 Å². The minimum absolute atomic E-state index is 0.00935. The summed E-state index contributed by atoms with van der Waals surface area (Å²) >= 11 is 0. The van der Waals surface area contributed by atoms with Crippen molar-refractivity contribution in [2.24, 2.45) is 17.8 Å². The van der Waals surface area contributed by atoms with Crippen LogP contribution in [0.2, 0.25) is 0 Å². The zero-order chi connectivity index (χ0) is 19.2. The number of fused-ring (bicyclic) bond motifs is 2. The Kier molecular flexibility index (Phi) is 6.64. The van der Waals surface area contributed by atoms with Gasteiger partial charge in [-0.25, -0.2) is 0 Å². The van der Waals surface area contributed by atoms with Gasteiger partial charge in [0, 0.05) is 17.5 Å². The average molecular weight is 371 g/mol. The molecule has 2 aliphatic rings. The van der Waals surface area contributed by atoms with Crippen molar-refractivity contribution in [1.29, 1.82) is 0 Å². The van der Waals surface area contributed by atoms with E-state index in [-0.39, 0.29) is 36.2 Å². The second-order valence-electron chi connectivity index (χ2n) is 7.85. The van der Waals surface area contributed by atoms with E-state index in [1.54, 1.807) is 0 Å². The lowest BCUT2D eigenvalue weighted by Crippen LogP contribution is -2.40. The fraction of sp³-hybridized carbons (Fsp3) is 0.591. The third-order valence-electron chi connectivity index (χ3n) is 5.78. The van der Waals surface area contributed by atoms with Gasteiger partial charge < -0.3 is 10.1 Å². The number of hydrogen-bond acceptors (Lipinski definition) is 4. The van der Waals surface area contributed by atoms with E-state index < -0.39 is 0 Å². The van der Waals surface area contributed by atoms with Crippen LogP contribution >= 0.6 is 0 Å². The molecule has 27 heavy (non-hydrogen) atoms. The van der Waals surface area contributed by atoms with E-state index >= 15 is 0 Å². The van der Waals surface area contributed by atoms with E-state index in [1.807, 2.05) is 24.3 Å². The van der Waals surface area contributed by atoms with Crippen LogP contribution in [0.4, 0.5) is 5.69 Å². The van der Waals surface area contributed by atoms with Gasteiger partial charge in [-0.15, -0.1) is 0 Å². The summed E-state index contributed by atoms with van der Waals surface area (Å²) in [6.45, 7) is 1.88. The largest absolute Gasteiger partial charge is 0.455 e. The molecular weight excluding hydrogens is 342 g/mol. The molecular formula is C22H29NO4. The smallest absolute Gasteiger partial charge is 0.309 e. The lowest BCUT2D eigenvalue weighted by Gasteiger charge is -2.36. The number of carbonyl (C=O) groups is 3. The predicted molar refractivity (Wildman–Crippen MR) is 103 cm³/mol. The maximum absolute atomic E-state index is 12.3. The number of esters is 1. The van der Waals surface area contributed by atoms with Crippen LogP contribution in [0.15, 0.2) is 24.3 Å². The highest BCUT2D eigenvalue weighted by Gasteiger charge is 2.41. The summed E-state index contributed by atoms with van der Waals surface area (Å²) in [4.78, 5) is 36.5. The van der Waals surface area contributed by atoms with Gasteiger partial charge >= 0.3 is 5.97 Å². The summed E-state index contributed by atoms with van der Waals surface area (Å²) in [5.74, 6) is -0.583. The van der Waals surface area contributed by atoms with Gasteiger partial charge in [-0.2, -0.15) is 0 Å². The molecule has 0 heterocycles. The summed E-state index contributed by atoms with van der Waals surface area (Å²) in [6.07, 6.45) is 7.33. The van der Waals surface area contributed by atoms with Crippen molar-refractivity contribution >= 4 is 23.3 Å². The van der Waals surface area contributed by atoms with Crippen LogP contribution in [-0.4, -0.2) is 24.3 Å². The molecule has 1 unspecified atom stereocenters. The van der Waals surface area contributed by atoms with Gasteiger partial charge in [0.15, 0.2) is 6.61 Å². The van der Waals surface area contributed by atoms with Gasteiger partial charge in [0.2, 0.25) is 0 Å². The van der Waals surface area contributed by atoms with Crippen molar-refractivity contribution in [3.63, 3.8) is 0 Å². The summed E-state index contributed by atoms with van der Waals surface area (Å²) in [6, 6.07) is 7.77. The van der Waals surface area contributed by atoms with Crippen LogP contribution in [0.25, 0.3) is 0 Å². The van der Waals surface area contributed by atoms with Crippen molar-refractivity contribution in [2.45, 2.75) is 58.3 Å². The molecule has 0 aromatic heterocycles. The van der Waals surface area contributed by atoms with E-state index in [0.29, 0.717) is 24.3 Å². The molecule has 1 aromatic carbocycles. The Bertz CT molecular complexity index is 666. The summed E-state index contributed by atoms with van der Waals surface area (Å²) < 4.78 is 5.23. The van der Waals surface area contributed by atoms with Gasteiger partial charge in [-0.1, -0.05) is 31.9 Å². The number of unbranched alkanes of at least 4 members (excludes halogenated alkanes) is 1. The minimum atomic E-state index is -0.343. The van der Waals surface area contributed by atoms with Crippen LogP contribution in [0.3, 0.4) is 0 Å². The number of Topliss-reactive ketones (excluding diaryl/α,β-unsaturated/α-hetero) is 1. The molecule has 0 saturated heterocycles. The highest BCUT2D eigenvalue weighted by molar-refractivity contribution is 5.93. The third-order valence-corrected chi connectivity index (χ3v) is 5.78. The first-order valence-electron chi connectivity index (χ1n) is 10.2. The van der Waals surface area contributed by atoms with E-state index in [0.717, 1.165) is 38.5 Å². The molecule has 3 rings (SSSR count). The van der Waals surface area contributed by atoms with Crippen LogP contribution in [0, 0.1) is 17.8 Å². The molecule has 0 radical (unpaired) electrons. The fourth-order valence-corrected chi connectivity index (χ4v) is 4.26. The van der Waals surface area contributed by atoms with Crippen molar-refractivity contribution < 1.29 is 19.1 Å². The Hall–Kier alpha value is -2.17. The maximum atomic E-state index is 12.3. The molecule has 1 amide bonds. The van der Waals surface area contributed by atoms with Gasteiger partial charge in [-0.05, 0) is 56.2 Å². The number of amides is 1. The van der Waals surface area contributed by atoms with Gasteiger partial charge in [0.25, 0.3) is 5.91 Å². The monoisotopic (exact) mass is 371 g/mol. The molecule has 2 fully saturated rings. The number of ether oxygens (including phenoxy) is 1. The Morgan fingerprint density at radius 3 is 2.41 bits per heavy atom. The SMILES string of the molecule is CCCCc1ccc(NC(=O)COC(=O)C2C[C@H]3CCC[C@@H](C2)C3=O)cc1. The average Bonchev–Trinajstić information content (AvgIpc) is 2.65. The number of ketones is 1. The van der Waals surface area contributed by atoms with Crippen LogP contribution in [-0.2, 0) is 25.5 Å². The standard InChI is InChI=1S/C22H29NO4/c1-2-3-5-15-8-10-19(11-9-15)23-20(24)14-27-22(26)18-12-16-6-4-7-17(13-18)21(16)25/h8-11,16-18H,2-7,12-14H2,1H3,(H,23,24)/t16-,17+,18?. The number of nitrogens with one attached hydrogen (secondary N) is 1. The van der Waals surface area contributed by atoms with Crippen LogP contribution in [0.5, 0.6) is 0 Å². The van der Waals surface area contributed by atoms with Gasteiger partial charge in [-0.3, -0.25) is 14.4 Å². The molecule has 2 bridgehead atoms. The zero-order valence-corrected chi connectivity index (χ0v) is 16.0. The number of hydrogen-bond donors (Lipinski definition) is 1. The van der Waals surface area contributed by atoms with E-state index in [2.05, 4.69) is 12.2 Å². The predicted octanol–water partition coefficient (Wildman–Crippen LogP) is 3.91. The molecule has 1 N–H and O–H groups in total. The summed E-state index contributed by atoms with van der Waals surface area (Å²) in [7, 11) is 0. The molecule has 0 aliphatic heterocycles. The minimum Gasteiger partial charge on any atom is -0.455 e. The fourth-order valence-electron chi connectivity index (χ4n) is 4.26. The molecule has 0 spiro atoms. The Labute approximate surface area is 160 Å². The van der Waals surface area contributed by atoms with Gasteiger partial charge in [0.05, 0.1) is 5.92 Å². The molecule has 146 valence electrons. The molecule has 2 saturated carbocycles. The number of anilines is 1. The zero-order valence-electron chi connectivity index (χ0n) is 16.0. The van der Waals surface area contributed by atoms with Gasteiger partial charge in [0.1, 0.15) is 5.78 Å². The molecule has 1 aromatic rings. The Morgan fingerprint density at radius 2 is 1.78 bits per heavy atom.